The van der Waals surface area contributed by atoms with E-state index in [1.807, 2.05) is 30.3 Å². The number of hydrogen-bond acceptors (Lipinski definition) is 5. The van der Waals surface area contributed by atoms with Gasteiger partial charge in [-0.05, 0) is 36.4 Å². The van der Waals surface area contributed by atoms with E-state index >= 15 is 0 Å². The van der Waals surface area contributed by atoms with Gasteiger partial charge in [-0.1, -0.05) is 36.0 Å². The van der Waals surface area contributed by atoms with Gasteiger partial charge < -0.3 is 10.1 Å². The molecule has 132 valence electrons. The normalized spacial score (nSPS) is 10.4. The summed E-state index contributed by atoms with van der Waals surface area (Å²) in [6, 6.07) is 17.2. The van der Waals surface area contributed by atoms with Crippen LogP contribution in [0.2, 0.25) is 0 Å². The first kappa shape index (κ1) is 17.9. The van der Waals surface area contributed by atoms with Crippen LogP contribution >= 0.6 is 11.8 Å². The quantitative estimate of drug-likeness (QED) is 0.665. The molecule has 0 spiro atoms. The zero-order valence-corrected chi connectivity index (χ0v) is 14.8. The Morgan fingerprint density at radius 2 is 1.85 bits per heavy atom. The van der Waals surface area contributed by atoms with Gasteiger partial charge in [0.05, 0.1) is 24.2 Å². The number of halogens is 1. The minimum Gasteiger partial charge on any atom is -0.496 e. The van der Waals surface area contributed by atoms with E-state index in [0.29, 0.717) is 16.5 Å². The highest BCUT2D eigenvalue weighted by molar-refractivity contribution is 7.99. The van der Waals surface area contributed by atoms with Crippen molar-refractivity contribution in [3.05, 3.63) is 66.5 Å². The summed E-state index contributed by atoms with van der Waals surface area (Å²) in [6.07, 6.45) is 0. The summed E-state index contributed by atoms with van der Waals surface area (Å²) in [5.74, 6) is 0.0470. The Morgan fingerprint density at radius 3 is 2.58 bits per heavy atom. The van der Waals surface area contributed by atoms with E-state index in [0.717, 1.165) is 5.56 Å². The number of aromatic nitrogens is 2. The second kappa shape index (κ2) is 8.44. The third-order valence-corrected chi connectivity index (χ3v) is 4.44. The molecule has 3 rings (SSSR count). The topological polar surface area (TPSA) is 64.1 Å². The zero-order chi connectivity index (χ0) is 18.4. The predicted octanol–water partition coefficient (Wildman–Crippen LogP) is 4.02. The average molecular weight is 369 g/mol. The Kier molecular flexibility index (Phi) is 5.80. The molecule has 0 saturated heterocycles. The van der Waals surface area contributed by atoms with Crippen molar-refractivity contribution in [3.63, 3.8) is 0 Å². The Hall–Kier alpha value is -2.93. The van der Waals surface area contributed by atoms with E-state index in [1.54, 1.807) is 25.3 Å². The third-order valence-electron chi connectivity index (χ3n) is 3.52. The molecule has 0 bridgehead atoms. The van der Waals surface area contributed by atoms with Crippen LogP contribution < -0.4 is 10.1 Å². The summed E-state index contributed by atoms with van der Waals surface area (Å²) in [4.78, 5) is 11.9. The van der Waals surface area contributed by atoms with Crippen molar-refractivity contribution >= 4 is 23.4 Å². The summed E-state index contributed by atoms with van der Waals surface area (Å²) >= 11 is 1.23. The number of rotatable bonds is 6. The van der Waals surface area contributed by atoms with Crippen LogP contribution in [0.15, 0.2) is 65.7 Å². The van der Waals surface area contributed by atoms with Crippen LogP contribution in [0.1, 0.15) is 0 Å². The number of ether oxygens (including phenoxy) is 1. The number of carbonyl (C=O) groups is 1. The fourth-order valence-corrected chi connectivity index (χ4v) is 2.90. The van der Waals surface area contributed by atoms with Crippen LogP contribution in [0.3, 0.4) is 0 Å². The second-order valence-corrected chi connectivity index (χ2v) is 6.27. The van der Waals surface area contributed by atoms with E-state index in [4.69, 9.17) is 4.74 Å². The van der Waals surface area contributed by atoms with Crippen molar-refractivity contribution in [2.24, 2.45) is 0 Å². The minimum atomic E-state index is -0.466. The van der Waals surface area contributed by atoms with Gasteiger partial charge in [0.15, 0.2) is 0 Å². The molecule has 3 aromatic rings. The Bertz CT molecular complexity index is 903. The summed E-state index contributed by atoms with van der Waals surface area (Å²) in [6.45, 7) is 0. The number of para-hydroxylation sites is 2. The lowest BCUT2D eigenvalue weighted by molar-refractivity contribution is -0.113. The molecular formula is C19H16FN3O2S. The lowest BCUT2D eigenvalue weighted by atomic mass is 10.1. The minimum absolute atomic E-state index is 0.108. The van der Waals surface area contributed by atoms with Crippen LogP contribution in [-0.4, -0.2) is 29.0 Å². The molecule has 5 nitrogen and oxygen atoms in total. The Morgan fingerprint density at radius 1 is 1.08 bits per heavy atom. The molecule has 1 amide bonds. The van der Waals surface area contributed by atoms with E-state index in [1.165, 1.54) is 23.9 Å². The zero-order valence-electron chi connectivity index (χ0n) is 14.0. The third kappa shape index (κ3) is 4.37. The highest BCUT2D eigenvalue weighted by Crippen LogP contribution is 2.28. The average Bonchev–Trinajstić information content (AvgIpc) is 2.68. The fraction of sp³-hybridized carbons (Fsp3) is 0.105. The summed E-state index contributed by atoms with van der Waals surface area (Å²) < 4.78 is 18.8. The largest absolute Gasteiger partial charge is 0.496 e. The molecule has 0 aliphatic heterocycles. The first-order chi connectivity index (χ1) is 12.7. The van der Waals surface area contributed by atoms with Crippen molar-refractivity contribution < 1.29 is 13.9 Å². The molecular weight excluding hydrogens is 353 g/mol. The van der Waals surface area contributed by atoms with Crippen molar-refractivity contribution in [2.75, 3.05) is 18.2 Å². The number of thioether (sulfide) groups is 1. The Balaban J connectivity index is 1.61. The number of carbonyl (C=O) groups excluding carboxylic acids is 1. The van der Waals surface area contributed by atoms with Gasteiger partial charge in [-0.15, -0.1) is 10.2 Å². The van der Waals surface area contributed by atoms with Gasteiger partial charge in [0.25, 0.3) is 0 Å². The van der Waals surface area contributed by atoms with Crippen LogP contribution in [-0.2, 0) is 4.79 Å². The molecule has 0 aliphatic carbocycles. The number of anilines is 1. The van der Waals surface area contributed by atoms with Gasteiger partial charge in [0.2, 0.25) is 5.91 Å². The van der Waals surface area contributed by atoms with Gasteiger partial charge >= 0.3 is 0 Å². The van der Waals surface area contributed by atoms with Gasteiger partial charge in [-0.25, -0.2) is 4.39 Å². The molecule has 26 heavy (non-hydrogen) atoms. The predicted molar refractivity (Wildman–Crippen MR) is 99.8 cm³/mol. The van der Waals surface area contributed by atoms with Crippen LogP contribution in [0.5, 0.6) is 5.75 Å². The van der Waals surface area contributed by atoms with Crippen molar-refractivity contribution in [1.29, 1.82) is 0 Å². The first-order valence-corrected chi connectivity index (χ1v) is 8.80. The molecule has 0 fully saturated rings. The SMILES string of the molecule is COc1ccccc1-c1ccc(SCC(=O)Nc2ccccc2F)nn1. The molecule has 0 atom stereocenters. The maximum Gasteiger partial charge on any atom is 0.234 e. The summed E-state index contributed by atoms with van der Waals surface area (Å²) in [5, 5.41) is 11.5. The fourth-order valence-electron chi connectivity index (χ4n) is 2.29. The van der Waals surface area contributed by atoms with Crippen LogP contribution in [0.4, 0.5) is 10.1 Å². The maximum absolute atomic E-state index is 13.5. The van der Waals surface area contributed by atoms with Gasteiger partial charge in [0, 0.05) is 5.56 Å². The summed E-state index contributed by atoms with van der Waals surface area (Å²) in [7, 11) is 1.60. The van der Waals surface area contributed by atoms with Gasteiger partial charge in [0.1, 0.15) is 16.6 Å². The number of hydrogen-bond donors (Lipinski definition) is 1. The molecule has 7 heteroatoms. The molecule has 1 aromatic heterocycles. The van der Waals surface area contributed by atoms with Crippen molar-refractivity contribution in [1.82, 2.24) is 10.2 Å². The molecule has 0 unspecified atom stereocenters. The van der Waals surface area contributed by atoms with Gasteiger partial charge in [-0.3, -0.25) is 4.79 Å². The first-order valence-electron chi connectivity index (χ1n) is 7.81. The van der Waals surface area contributed by atoms with E-state index in [2.05, 4.69) is 15.5 Å². The molecule has 0 radical (unpaired) electrons. The number of benzene rings is 2. The van der Waals surface area contributed by atoms with Crippen molar-refractivity contribution in [3.8, 4) is 17.0 Å². The molecule has 1 N–H and O–H groups in total. The van der Waals surface area contributed by atoms with E-state index in [-0.39, 0.29) is 17.3 Å². The van der Waals surface area contributed by atoms with E-state index < -0.39 is 5.82 Å². The van der Waals surface area contributed by atoms with Crippen molar-refractivity contribution in [2.45, 2.75) is 5.03 Å². The van der Waals surface area contributed by atoms with Crippen LogP contribution in [0.25, 0.3) is 11.3 Å². The lowest BCUT2D eigenvalue weighted by Gasteiger charge is -2.08. The lowest BCUT2D eigenvalue weighted by Crippen LogP contribution is -2.15. The Labute approximate surface area is 154 Å². The monoisotopic (exact) mass is 369 g/mol. The maximum atomic E-state index is 13.5. The second-order valence-electron chi connectivity index (χ2n) is 5.27. The van der Waals surface area contributed by atoms with Crippen LogP contribution in [0, 0.1) is 5.82 Å². The molecule has 1 heterocycles. The molecule has 0 aliphatic rings. The summed E-state index contributed by atoms with van der Waals surface area (Å²) in [5.41, 5.74) is 1.69. The van der Waals surface area contributed by atoms with Gasteiger partial charge in [-0.2, -0.15) is 0 Å². The highest BCUT2D eigenvalue weighted by atomic mass is 32.2. The highest BCUT2D eigenvalue weighted by Gasteiger charge is 2.10. The molecule has 0 saturated carbocycles. The number of amides is 1. The molecule has 2 aromatic carbocycles. The number of methoxy groups -OCH3 is 1. The standard InChI is InChI=1S/C19H16FN3O2S/c1-25-17-9-5-2-6-13(17)15-10-11-19(23-22-15)26-12-18(24)21-16-8-4-3-7-14(16)20/h2-11H,12H2,1H3,(H,21,24). The number of nitrogens with one attached hydrogen (secondary N) is 1. The number of nitrogens with zero attached hydrogens (tertiary/aromatic N) is 2. The van der Waals surface area contributed by atoms with E-state index in [9.17, 15) is 9.18 Å². The smallest absolute Gasteiger partial charge is 0.234 e.